The van der Waals surface area contributed by atoms with Gasteiger partial charge < -0.3 is 15.4 Å². The summed E-state index contributed by atoms with van der Waals surface area (Å²) in [7, 11) is -2.79. The minimum Gasteiger partial charge on any atom is -0.495 e. The summed E-state index contributed by atoms with van der Waals surface area (Å²) < 4.78 is 32.9. The highest BCUT2D eigenvalue weighted by Gasteiger charge is 2.27. The lowest BCUT2D eigenvalue weighted by Gasteiger charge is -2.30. The fraction of sp³-hybridized carbons (Fsp3) is 0.300. The van der Waals surface area contributed by atoms with E-state index in [1.807, 2.05) is 0 Å². The number of nitro groups is 1. The molecule has 170 valence electrons. The van der Waals surface area contributed by atoms with Crippen molar-refractivity contribution in [3.63, 3.8) is 0 Å². The third-order valence-electron chi connectivity index (χ3n) is 5.23. The van der Waals surface area contributed by atoms with Crippen molar-refractivity contribution in [1.82, 2.24) is 4.90 Å². The van der Waals surface area contributed by atoms with Crippen LogP contribution in [-0.2, 0) is 14.8 Å². The van der Waals surface area contributed by atoms with E-state index in [0.29, 0.717) is 31.5 Å². The van der Waals surface area contributed by atoms with Crippen LogP contribution >= 0.6 is 0 Å². The molecule has 1 fully saturated rings. The quantitative estimate of drug-likeness (QED) is 0.468. The van der Waals surface area contributed by atoms with Crippen molar-refractivity contribution >= 4 is 33.2 Å². The van der Waals surface area contributed by atoms with Crippen LogP contribution in [0.1, 0.15) is 23.2 Å². The number of likely N-dealkylation sites (tertiary alicyclic amines) is 1. The number of non-ortho nitro benzene ring substituents is 1. The number of hydrogen-bond acceptors (Lipinski definition) is 7. The summed E-state index contributed by atoms with van der Waals surface area (Å²) in [5.41, 5.74) is 5.22. The topological polar surface area (TPSA) is 162 Å². The third kappa shape index (κ3) is 4.97. The highest BCUT2D eigenvalue weighted by Crippen LogP contribution is 2.31. The van der Waals surface area contributed by atoms with Crippen LogP contribution < -0.4 is 15.2 Å². The highest BCUT2D eigenvalue weighted by atomic mass is 32.2. The number of benzene rings is 2. The first-order valence-electron chi connectivity index (χ1n) is 9.66. The average Bonchev–Trinajstić information content (AvgIpc) is 2.78. The van der Waals surface area contributed by atoms with Gasteiger partial charge in [-0.05, 0) is 43.2 Å². The summed E-state index contributed by atoms with van der Waals surface area (Å²) in [6, 6.07) is 8.88. The Morgan fingerprint density at radius 3 is 2.31 bits per heavy atom. The Balaban J connectivity index is 1.75. The van der Waals surface area contributed by atoms with Crippen molar-refractivity contribution in [1.29, 1.82) is 0 Å². The predicted octanol–water partition coefficient (Wildman–Crippen LogP) is 1.74. The number of methoxy groups -OCH3 is 1. The number of rotatable bonds is 7. The molecular formula is C20H22N4O7S. The number of anilines is 1. The zero-order valence-corrected chi connectivity index (χ0v) is 18.0. The Morgan fingerprint density at radius 1 is 1.16 bits per heavy atom. The van der Waals surface area contributed by atoms with Crippen molar-refractivity contribution in [3.8, 4) is 5.75 Å². The van der Waals surface area contributed by atoms with Crippen LogP contribution in [0, 0.1) is 16.0 Å². The Kier molecular flexibility index (Phi) is 6.63. The second-order valence-corrected chi connectivity index (χ2v) is 8.92. The van der Waals surface area contributed by atoms with Crippen molar-refractivity contribution < 1.29 is 27.7 Å². The van der Waals surface area contributed by atoms with E-state index in [1.54, 1.807) is 4.90 Å². The largest absolute Gasteiger partial charge is 0.495 e. The number of nitrogens with zero attached hydrogens (tertiary/aromatic N) is 2. The van der Waals surface area contributed by atoms with Gasteiger partial charge in [0.25, 0.3) is 21.6 Å². The molecule has 0 bridgehead atoms. The smallest absolute Gasteiger partial charge is 0.271 e. The van der Waals surface area contributed by atoms with Crippen LogP contribution in [0.25, 0.3) is 0 Å². The van der Waals surface area contributed by atoms with Gasteiger partial charge in [-0.2, -0.15) is 0 Å². The molecule has 1 aliphatic heterocycles. The zero-order chi connectivity index (χ0) is 23.5. The summed E-state index contributed by atoms with van der Waals surface area (Å²) in [5, 5.41) is 11.0. The zero-order valence-electron chi connectivity index (χ0n) is 17.2. The molecule has 0 atom stereocenters. The number of carbonyl (C=O) groups excluding carboxylic acids is 2. The number of sulfonamides is 1. The van der Waals surface area contributed by atoms with E-state index in [4.69, 9.17) is 10.5 Å². The summed E-state index contributed by atoms with van der Waals surface area (Å²) >= 11 is 0. The van der Waals surface area contributed by atoms with Crippen LogP contribution in [0.3, 0.4) is 0 Å². The molecule has 2 aromatic carbocycles. The lowest BCUT2D eigenvalue weighted by atomic mass is 9.96. The Labute approximate surface area is 184 Å². The van der Waals surface area contributed by atoms with E-state index in [-0.39, 0.29) is 39.8 Å². The summed E-state index contributed by atoms with van der Waals surface area (Å²) in [5.74, 6) is -0.779. The predicted molar refractivity (Wildman–Crippen MR) is 115 cm³/mol. The maximum absolute atomic E-state index is 12.8. The number of primary amides is 1. The first-order chi connectivity index (χ1) is 15.1. The number of amides is 2. The standard InChI is InChI=1S/C20H22N4O7S/c1-31-18-7-4-15(24(27)28)12-17(18)22-32(29,30)16-5-2-14(3-6-16)20(26)23-10-8-13(9-11-23)19(21)25/h2-7,12-13,22H,8-11H2,1H3,(H2,21,25). The Bertz CT molecular complexity index is 1140. The van der Waals surface area contributed by atoms with E-state index < -0.39 is 14.9 Å². The molecule has 2 amide bonds. The summed E-state index contributed by atoms with van der Waals surface area (Å²) in [4.78, 5) is 35.8. The maximum atomic E-state index is 12.8. The molecule has 12 heteroatoms. The van der Waals surface area contributed by atoms with Gasteiger partial charge in [0.05, 0.1) is 22.6 Å². The molecule has 1 saturated heterocycles. The summed E-state index contributed by atoms with van der Waals surface area (Å²) in [6.45, 7) is 0.779. The molecule has 0 unspecified atom stereocenters. The number of piperidine rings is 1. The van der Waals surface area contributed by atoms with Gasteiger partial charge in [-0.1, -0.05) is 0 Å². The Hall–Kier alpha value is -3.67. The van der Waals surface area contributed by atoms with E-state index in [2.05, 4.69) is 4.72 Å². The first kappa shape index (κ1) is 23.0. The number of nitrogens with two attached hydrogens (primary N) is 1. The maximum Gasteiger partial charge on any atom is 0.271 e. The van der Waals surface area contributed by atoms with Gasteiger partial charge in [0.1, 0.15) is 5.75 Å². The summed E-state index contributed by atoms with van der Waals surface area (Å²) in [6.07, 6.45) is 0.977. The van der Waals surface area contributed by atoms with Crippen molar-refractivity contribution in [3.05, 3.63) is 58.1 Å². The molecule has 0 aromatic heterocycles. The molecule has 1 heterocycles. The van der Waals surface area contributed by atoms with Gasteiger partial charge in [0.15, 0.2) is 0 Å². The average molecular weight is 462 g/mol. The molecule has 0 aliphatic carbocycles. The molecule has 3 rings (SSSR count). The minimum absolute atomic E-state index is 0.0841. The lowest BCUT2D eigenvalue weighted by molar-refractivity contribution is -0.384. The van der Waals surface area contributed by atoms with Crippen molar-refractivity contribution in [2.75, 3.05) is 24.9 Å². The highest BCUT2D eigenvalue weighted by molar-refractivity contribution is 7.92. The van der Waals surface area contributed by atoms with Crippen LogP contribution in [0.5, 0.6) is 5.75 Å². The molecule has 0 saturated carbocycles. The van der Waals surface area contributed by atoms with Crippen LogP contribution in [0.4, 0.5) is 11.4 Å². The van der Waals surface area contributed by atoms with Gasteiger partial charge in [-0.3, -0.25) is 24.4 Å². The fourth-order valence-corrected chi connectivity index (χ4v) is 4.48. The lowest BCUT2D eigenvalue weighted by Crippen LogP contribution is -2.41. The van der Waals surface area contributed by atoms with Crippen LogP contribution in [0.2, 0.25) is 0 Å². The number of carbonyl (C=O) groups is 2. The third-order valence-corrected chi connectivity index (χ3v) is 6.62. The minimum atomic E-state index is -4.10. The Morgan fingerprint density at radius 2 is 1.78 bits per heavy atom. The van der Waals surface area contributed by atoms with Crippen LogP contribution in [0.15, 0.2) is 47.4 Å². The number of hydrogen-bond donors (Lipinski definition) is 2. The normalized spacial score (nSPS) is 14.6. The van der Waals surface area contributed by atoms with Crippen molar-refractivity contribution in [2.24, 2.45) is 11.7 Å². The van der Waals surface area contributed by atoms with E-state index in [9.17, 15) is 28.1 Å². The molecule has 32 heavy (non-hydrogen) atoms. The molecule has 3 N–H and O–H groups in total. The van der Waals surface area contributed by atoms with E-state index >= 15 is 0 Å². The van der Waals surface area contributed by atoms with E-state index in [1.165, 1.54) is 43.5 Å². The van der Waals surface area contributed by atoms with E-state index in [0.717, 1.165) is 6.07 Å². The first-order valence-corrected chi connectivity index (χ1v) is 11.1. The number of nitro benzene ring substituents is 1. The molecule has 11 nitrogen and oxygen atoms in total. The van der Waals surface area contributed by atoms with Gasteiger partial charge in [0.2, 0.25) is 5.91 Å². The van der Waals surface area contributed by atoms with Gasteiger partial charge >= 0.3 is 0 Å². The monoisotopic (exact) mass is 462 g/mol. The number of ether oxygens (including phenoxy) is 1. The van der Waals surface area contributed by atoms with Gasteiger partial charge in [-0.25, -0.2) is 8.42 Å². The molecule has 1 aliphatic rings. The van der Waals surface area contributed by atoms with Gasteiger partial charge in [0, 0.05) is 36.7 Å². The molecule has 2 aromatic rings. The number of nitrogens with one attached hydrogen (secondary N) is 1. The fourth-order valence-electron chi connectivity index (χ4n) is 3.42. The molecule has 0 radical (unpaired) electrons. The second kappa shape index (κ2) is 9.22. The second-order valence-electron chi connectivity index (χ2n) is 7.24. The molecule has 0 spiro atoms. The van der Waals surface area contributed by atoms with Crippen LogP contribution in [-0.4, -0.2) is 50.3 Å². The SMILES string of the molecule is COc1ccc([N+](=O)[O-])cc1NS(=O)(=O)c1ccc(C(=O)N2CCC(C(N)=O)CC2)cc1. The molecular weight excluding hydrogens is 440 g/mol. The van der Waals surface area contributed by atoms with Crippen molar-refractivity contribution in [2.45, 2.75) is 17.7 Å². The van der Waals surface area contributed by atoms with Gasteiger partial charge in [-0.15, -0.1) is 0 Å².